The second-order valence-electron chi connectivity index (χ2n) is 6.66. The molecule has 0 unspecified atom stereocenters. The Balaban J connectivity index is 1.95. The number of benzene rings is 1. The lowest BCUT2D eigenvalue weighted by Crippen LogP contribution is -2.45. The number of carbonyl (C=O) groups is 2. The van der Waals surface area contributed by atoms with E-state index in [-0.39, 0.29) is 17.2 Å². The average molecular weight is 289 g/mol. The van der Waals surface area contributed by atoms with Crippen LogP contribution in [0.15, 0.2) is 24.3 Å². The first-order valence-electron chi connectivity index (χ1n) is 7.25. The summed E-state index contributed by atoms with van der Waals surface area (Å²) in [6.07, 6.45) is 2.12. The van der Waals surface area contributed by atoms with Gasteiger partial charge in [-0.2, -0.15) is 0 Å². The maximum absolute atomic E-state index is 12.0. The van der Waals surface area contributed by atoms with E-state index in [9.17, 15) is 9.59 Å². The van der Waals surface area contributed by atoms with Gasteiger partial charge in [0.25, 0.3) is 5.91 Å². The number of hydrogen-bond donors (Lipinski definition) is 3. The second kappa shape index (κ2) is 5.85. The van der Waals surface area contributed by atoms with Crippen molar-refractivity contribution < 1.29 is 9.59 Å². The van der Waals surface area contributed by atoms with Crippen molar-refractivity contribution >= 4 is 17.5 Å². The fraction of sp³-hybridized carbons (Fsp3) is 0.500. The zero-order valence-electron chi connectivity index (χ0n) is 12.8. The molecule has 0 aromatic heterocycles. The maximum Gasteiger partial charge on any atom is 0.251 e. The van der Waals surface area contributed by atoms with E-state index in [4.69, 9.17) is 5.73 Å². The summed E-state index contributed by atoms with van der Waals surface area (Å²) in [4.78, 5) is 23.9. The van der Waals surface area contributed by atoms with E-state index < -0.39 is 6.04 Å². The zero-order chi connectivity index (χ0) is 15.6. The monoisotopic (exact) mass is 289 g/mol. The van der Waals surface area contributed by atoms with Crippen LogP contribution in [-0.2, 0) is 4.79 Å². The highest BCUT2D eigenvalue weighted by atomic mass is 16.2. The number of hydrogen-bond acceptors (Lipinski definition) is 3. The van der Waals surface area contributed by atoms with E-state index in [1.807, 2.05) is 20.8 Å². The zero-order valence-corrected chi connectivity index (χ0v) is 12.8. The summed E-state index contributed by atoms with van der Waals surface area (Å²) < 4.78 is 0. The van der Waals surface area contributed by atoms with Gasteiger partial charge in [0.1, 0.15) is 0 Å². The van der Waals surface area contributed by atoms with Crippen molar-refractivity contribution in [3.8, 4) is 0 Å². The number of carbonyl (C=O) groups excluding carboxylic acids is 2. The van der Waals surface area contributed by atoms with Crippen molar-refractivity contribution in [1.82, 2.24) is 5.32 Å². The molecule has 2 amide bonds. The van der Waals surface area contributed by atoms with Crippen LogP contribution in [0.1, 0.15) is 44.0 Å². The van der Waals surface area contributed by atoms with Crippen LogP contribution in [0.2, 0.25) is 0 Å². The van der Waals surface area contributed by atoms with Crippen LogP contribution < -0.4 is 16.4 Å². The fourth-order valence-electron chi connectivity index (χ4n) is 1.81. The van der Waals surface area contributed by atoms with Gasteiger partial charge < -0.3 is 16.4 Å². The summed E-state index contributed by atoms with van der Waals surface area (Å²) in [6.45, 7) is 5.76. The van der Waals surface area contributed by atoms with Gasteiger partial charge in [0.05, 0.1) is 6.04 Å². The van der Waals surface area contributed by atoms with E-state index in [2.05, 4.69) is 10.6 Å². The number of rotatable bonds is 4. The van der Waals surface area contributed by atoms with Crippen molar-refractivity contribution in [3.63, 3.8) is 0 Å². The summed E-state index contributed by atoms with van der Waals surface area (Å²) in [5.74, 6) is -0.292. The first-order valence-corrected chi connectivity index (χ1v) is 7.25. The Morgan fingerprint density at radius 3 is 2.24 bits per heavy atom. The largest absolute Gasteiger partial charge is 0.349 e. The van der Waals surface area contributed by atoms with Gasteiger partial charge in [0.2, 0.25) is 5.91 Å². The summed E-state index contributed by atoms with van der Waals surface area (Å²) >= 11 is 0. The van der Waals surface area contributed by atoms with Gasteiger partial charge in [0.15, 0.2) is 0 Å². The molecule has 21 heavy (non-hydrogen) atoms. The van der Waals surface area contributed by atoms with Gasteiger partial charge in [-0.3, -0.25) is 9.59 Å². The van der Waals surface area contributed by atoms with Crippen LogP contribution in [-0.4, -0.2) is 23.9 Å². The third-order valence-electron chi connectivity index (χ3n) is 3.54. The molecule has 2 rings (SSSR count). The van der Waals surface area contributed by atoms with Gasteiger partial charge in [-0.15, -0.1) is 0 Å². The van der Waals surface area contributed by atoms with Crippen molar-refractivity contribution in [2.24, 2.45) is 11.1 Å². The molecular formula is C16H23N3O2. The highest BCUT2D eigenvalue weighted by molar-refractivity contribution is 5.97. The number of amides is 2. The third-order valence-corrected chi connectivity index (χ3v) is 3.54. The minimum Gasteiger partial charge on any atom is -0.349 e. The first kappa shape index (κ1) is 15.5. The van der Waals surface area contributed by atoms with E-state index >= 15 is 0 Å². The molecule has 1 saturated carbocycles. The van der Waals surface area contributed by atoms with Crippen LogP contribution >= 0.6 is 0 Å². The molecule has 4 N–H and O–H groups in total. The van der Waals surface area contributed by atoms with E-state index in [1.54, 1.807) is 24.3 Å². The molecule has 0 radical (unpaired) electrons. The SMILES string of the molecule is CC(C)(C)[C@@H](N)C(=O)Nc1ccc(C(=O)NC2CC2)cc1. The number of nitrogens with two attached hydrogens (primary N) is 1. The number of anilines is 1. The summed E-state index contributed by atoms with van der Waals surface area (Å²) in [5, 5.41) is 5.69. The summed E-state index contributed by atoms with van der Waals surface area (Å²) in [6, 6.07) is 6.59. The van der Waals surface area contributed by atoms with E-state index in [0.29, 0.717) is 17.3 Å². The highest BCUT2D eigenvalue weighted by Crippen LogP contribution is 2.21. The van der Waals surface area contributed by atoms with Crippen molar-refractivity contribution in [3.05, 3.63) is 29.8 Å². The summed E-state index contributed by atoms with van der Waals surface area (Å²) in [5.41, 5.74) is 6.85. The predicted octanol–water partition coefficient (Wildman–Crippen LogP) is 1.89. The standard InChI is InChI=1S/C16H23N3O2/c1-16(2,3)13(17)15(21)19-11-6-4-10(5-7-11)14(20)18-12-8-9-12/h4-7,12-13H,8-9,17H2,1-3H3,(H,18,20)(H,19,21)/t13-/m0/s1. The first-order chi connectivity index (χ1) is 9.77. The molecule has 0 heterocycles. The topological polar surface area (TPSA) is 84.2 Å². The Kier molecular flexibility index (Phi) is 4.32. The van der Waals surface area contributed by atoms with Crippen molar-refractivity contribution in [1.29, 1.82) is 0 Å². The molecule has 1 fully saturated rings. The molecule has 0 saturated heterocycles. The summed E-state index contributed by atoms with van der Waals surface area (Å²) in [7, 11) is 0. The Bertz CT molecular complexity index is 527. The molecule has 0 bridgehead atoms. The van der Waals surface area contributed by atoms with Crippen LogP contribution in [0.25, 0.3) is 0 Å². The molecule has 1 aliphatic rings. The molecule has 1 atom stereocenters. The van der Waals surface area contributed by atoms with Crippen LogP contribution in [0, 0.1) is 5.41 Å². The molecule has 5 heteroatoms. The lowest BCUT2D eigenvalue weighted by Gasteiger charge is -2.25. The normalized spacial score (nSPS) is 16.2. The molecule has 5 nitrogen and oxygen atoms in total. The Hall–Kier alpha value is -1.88. The smallest absolute Gasteiger partial charge is 0.251 e. The Morgan fingerprint density at radius 1 is 1.19 bits per heavy atom. The second-order valence-corrected chi connectivity index (χ2v) is 6.66. The van der Waals surface area contributed by atoms with Crippen LogP contribution in [0.3, 0.4) is 0 Å². The fourth-order valence-corrected chi connectivity index (χ4v) is 1.81. The molecule has 0 aliphatic heterocycles. The minimum atomic E-state index is -0.588. The van der Waals surface area contributed by atoms with Crippen LogP contribution in [0.4, 0.5) is 5.69 Å². The molecule has 0 spiro atoms. The lowest BCUT2D eigenvalue weighted by atomic mass is 9.87. The minimum absolute atomic E-state index is 0.0678. The predicted molar refractivity (Wildman–Crippen MR) is 83.0 cm³/mol. The average Bonchev–Trinajstić information content (AvgIpc) is 3.21. The Morgan fingerprint density at radius 2 is 1.76 bits per heavy atom. The molecule has 1 aliphatic carbocycles. The lowest BCUT2D eigenvalue weighted by molar-refractivity contribution is -0.119. The van der Waals surface area contributed by atoms with Gasteiger partial charge in [0, 0.05) is 17.3 Å². The van der Waals surface area contributed by atoms with Gasteiger partial charge in [-0.05, 0) is 42.5 Å². The van der Waals surface area contributed by atoms with E-state index in [1.165, 1.54) is 0 Å². The van der Waals surface area contributed by atoms with Gasteiger partial charge in [-0.1, -0.05) is 20.8 Å². The van der Waals surface area contributed by atoms with E-state index in [0.717, 1.165) is 12.8 Å². The van der Waals surface area contributed by atoms with Crippen molar-refractivity contribution in [2.75, 3.05) is 5.32 Å². The number of nitrogens with one attached hydrogen (secondary N) is 2. The van der Waals surface area contributed by atoms with Gasteiger partial charge >= 0.3 is 0 Å². The third kappa shape index (κ3) is 4.29. The molecule has 1 aromatic rings. The Labute approximate surface area is 125 Å². The maximum atomic E-state index is 12.0. The molecule has 114 valence electrons. The molecular weight excluding hydrogens is 266 g/mol. The molecule has 1 aromatic carbocycles. The quantitative estimate of drug-likeness (QED) is 0.791. The van der Waals surface area contributed by atoms with Crippen molar-refractivity contribution in [2.45, 2.75) is 45.7 Å². The van der Waals surface area contributed by atoms with Crippen LogP contribution in [0.5, 0.6) is 0 Å². The van der Waals surface area contributed by atoms with Gasteiger partial charge in [-0.25, -0.2) is 0 Å². The highest BCUT2D eigenvalue weighted by Gasteiger charge is 2.27.